The SMILES string of the molecule is Cc1ccc2c(c1)C(=O)CC1(CCN(C(=O)[C@H](C)n3cnc4ccccc4c3=O)CC1)O2. The van der Waals surface area contributed by atoms with Gasteiger partial charge in [-0.3, -0.25) is 19.0 Å². The molecule has 7 heteroatoms. The number of ketones is 1. The Hall–Kier alpha value is -3.48. The van der Waals surface area contributed by atoms with Crippen molar-refractivity contribution in [2.24, 2.45) is 0 Å². The van der Waals surface area contributed by atoms with Crippen molar-refractivity contribution in [3.63, 3.8) is 0 Å². The number of hydrogen-bond acceptors (Lipinski definition) is 5. The van der Waals surface area contributed by atoms with Gasteiger partial charge in [0.15, 0.2) is 5.78 Å². The van der Waals surface area contributed by atoms with Crippen LogP contribution in [0.25, 0.3) is 10.9 Å². The standard InChI is InChI=1S/C25H25N3O4/c1-16-7-8-22-19(13-16)21(29)14-25(32-22)9-11-27(12-10-25)23(30)17(2)28-15-26-20-6-4-3-5-18(20)24(28)31/h3-8,13,15,17H,9-12,14H2,1-2H3/t17-/m0/s1. The number of Topliss-reactive ketones (excluding diaryl/α,β-unsaturated/α-hetero) is 1. The monoisotopic (exact) mass is 431 g/mol. The third-order valence-corrected chi connectivity index (χ3v) is 6.70. The van der Waals surface area contributed by atoms with Crippen molar-refractivity contribution < 1.29 is 14.3 Å². The quantitative estimate of drug-likeness (QED) is 0.622. The Kier molecular flexibility index (Phi) is 4.84. The number of likely N-dealkylation sites (tertiary alicyclic amines) is 1. The van der Waals surface area contributed by atoms with Gasteiger partial charge >= 0.3 is 0 Å². The molecule has 0 aliphatic carbocycles. The maximum atomic E-state index is 13.2. The summed E-state index contributed by atoms with van der Waals surface area (Å²) in [7, 11) is 0. The lowest BCUT2D eigenvalue weighted by Gasteiger charge is -2.44. The number of amides is 1. The van der Waals surface area contributed by atoms with E-state index in [4.69, 9.17) is 4.74 Å². The molecule has 3 heterocycles. The zero-order valence-corrected chi connectivity index (χ0v) is 18.2. The molecular weight excluding hydrogens is 406 g/mol. The molecule has 2 aliphatic rings. The molecule has 164 valence electrons. The maximum absolute atomic E-state index is 13.2. The molecular formula is C25H25N3O4. The first-order valence-electron chi connectivity index (χ1n) is 10.9. The lowest BCUT2D eigenvalue weighted by Crippen LogP contribution is -2.53. The minimum Gasteiger partial charge on any atom is -0.486 e. The highest BCUT2D eigenvalue weighted by Gasteiger charge is 2.44. The molecule has 1 atom stereocenters. The number of carbonyl (C=O) groups is 2. The first-order valence-corrected chi connectivity index (χ1v) is 10.9. The molecule has 0 bridgehead atoms. The van der Waals surface area contributed by atoms with Gasteiger partial charge in [0.2, 0.25) is 5.91 Å². The first-order chi connectivity index (χ1) is 15.4. The molecule has 1 spiro atoms. The smallest absolute Gasteiger partial charge is 0.261 e. The van der Waals surface area contributed by atoms with E-state index in [9.17, 15) is 14.4 Å². The van der Waals surface area contributed by atoms with E-state index < -0.39 is 11.6 Å². The molecule has 5 rings (SSSR count). The number of aryl methyl sites for hydroxylation is 1. The van der Waals surface area contributed by atoms with Gasteiger partial charge in [0.1, 0.15) is 17.4 Å². The highest BCUT2D eigenvalue weighted by atomic mass is 16.5. The summed E-state index contributed by atoms with van der Waals surface area (Å²) < 4.78 is 7.70. The number of fused-ring (bicyclic) bond motifs is 2. The summed E-state index contributed by atoms with van der Waals surface area (Å²) in [4.78, 5) is 44.9. The summed E-state index contributed by atoms with van der Waals surface area (Å²) in [5.41, 5.74) is 1.50. The van der Waals surface area contributed by atoms with E-state index in [-0.39, 0.29) is 17.2 Å². The zero-order chi connectivity index (χ0) is 22.5. The molecule has 1 aromatic heterocycles. The van der Waals surface area contributed by atoms with Crippen LogP contribution < -0.4 is 10.3 Å². The molecule has 0 unspecified atom stereocenters. The number of aromatic nitrogens is 2. The summed E-state index contributed by atoms with van der Waals surface area (Å²) in [5.74, 6) is 0.600. The van der Waals surface area contributed by atoms with Crippen molar-refractivity contribution in [2.75, 3.05) is 13.1 Å². The van der Waals surface area contributed by atoms with Crippen molar-refractivity contribution in [2.45, 2.75) is 44.8 Å². The van der Waals surface area contributed by atoms with Crippen molar-refractivity contribution in [1.82, 2.24) is 14.5 Å². The number of hydrogen-bond donors (Lipinski definition) is 0. The van der Waals surface area contributed by atoms with Gasteiger partial charge < -0.3 is 9.64 Å². The molecule has 2 aromatic carbocycles. The molecule has 3 aromatic rings. The Balaban J connectivity index is 1.32. The fourth-order valence-corrected chi connectivity index (χ4v) is 4.76. The molecule has 1 fully saturated rings. The molecule has 0 N–H and O–H groups in total. The average molecular weight is 431 g/mol. The predicted octanol–water partition coefficient (Wildman–Crippen LogP) is 3.29. The largest absolute Gasteiger partial charge is 0.486 e. The van der Waals surface area contributed by atoms with Gasteiger partial charge in [-0.25, -0.2) is 4.98 Å². The fourth-order valence-electron chi connectivity index (χ4n) is 4.76. The van der Waals surface area contributed by atoms with E-state index in [1.165, 1.54) is 10.9 Å². The van der Waals surface area contributed by atoms with Gasteiger partial charge in [-0.2, -0.15) is 0 Å². The first kappa shape index (κ1) is 20.4. The number of ether oxygens (including phenoxy) is 1. The summed E-state index contributed by atoms with van der Waals surface area (Å²) >= 11 is 0. The Bertz CT molecular complexity index is 1290. The summed E-state index contributed by atoms with van der Waals surface area (Å²) in [6, 6.07) is 12.1. The minimum absolute atomic E-state index is 0.0943. The summed E-state index contributed by atoms with van der Waals surface area (Å²) in [5, 5.41) is 0.496. The Labute approximate surface area is 185 Å². The summed E-state index contributed by atoms with van der Waals surface area (Å²) in [6.45, 7) is 4.64. The third kappa shape index (κ3) is 3.38. The topological polar surface area (TPSA) is 81.5 Å². The van der Waals surface area contributed by atoms with Crippen molar-refractivity contribution in [1.29, 1.82) is 0 Å². The molecule has 32 heavy (non-hydrogen) atoms. The van der Waals surface area contributed by atoms with Gasteiger partial charge in [-0.1, -0.05) is 23.8 Å². The van der Waals surface area contributed by atoms with Crippen LogP contribution in [0.15, 0.2) is 53.6 Å². The van der Waals surface area contributed by atoms with E-state index in [0.29, 0.717) is 54.6 Å². The highest BCUT2D eigenvalue weighted by molar-refractivity contribution is 6.00. The molecule has 7 nitrogen and oxygen atoms in total. The number of para-hydroxylation sites is 1. The zero-order valence-electron chi connectivity index (χ0n) is 18.2. The van der Waals surface area contributed by atoms with Crippen LogP contribution in [0.3, 0.4) is 0 Å². The third-order valence-electron chi connectivity index (χ3n) is 6.70. The summed E-state index contributed by atoms with van der Waals surface area (Å²) in [6.07, 6.45) is 2.93. The van der Waals surface area contributed by atoms with Crippen molar-refractivity contribution in [3.05, 3.63) is 70.3 Å². The highest BCUT2D eigenvalue weighted by Crippen LogP contribution is 2.39. The van der Waals surface area contributed by atoms with Gasteiger partial charge in [0.05, 0.1) is 29.2 Å². The van der Waals surface area contributed by atoms with E-state index in [1.54, 1.807) is 30.0 Å². The van der Waals surface area contributed by atoms with E-state index in [0.717, 1.165) is 5.56 Å². The molecule has 1 amide bonds. The molecule has 1 saturated heterocycles. The minimum atomic E-state index is -0.661. The van der Waals surface area contributed by atoms with Crippen LogP contribution in [-0.4, -0.2) is 44.8 Å². The number of benzene rings is 2. The van der Waals surface area contributed by atoms with Crippen LogP contribution in [0.1, 0.15) is 48.1 Å². The number of carbonyl (C=O) groups excluding carboxylic acids is 2. The second kappa shape index (κ2) is 7.58. The molecule has 2 aliphatic heterocycles. The van der Waals surface area contributed by atoms with Crippen LogP contribution >= 0.6 is 0 Å². The van der Waals surface area contributed by atoms with Crippen LogP contribution in [0.2, 0.25) is 0 Å². The van der Waals surface area contributed by atoms with Gasteiger partial charge in [0.25, 0.3) is 5.56 Å². The van der Waals surface area contributed by atoms with Gasteiger partial charge in [0, 0.05) is 25.9 Å². The Morgan fingerprint density at radius 3 is 2.66 bits per heavy atom. The number of piperidine rings is 1. The Morgan fingerprint density at radius 1 is 1.12 bits per heavy atom. The van der Waals surface area contributed by atoms with Crippen molar-refractivity contribution >= 4 is 22.6 Å². The number of nitrogens with zero attached hydrogens (tertiary/aromatic N) is 3. The van der Waals surface area contributed by atoms with Crippen LogP contribution in [-0.2, 0) is 4.79 Å². The lowest BCUT2D eigenvalue weighted by atomic mass is 9.82. The van der Waals surface area contributed by atoms with Gasteiger partial charge in [-0.15, -0.1) is 0 Å². The van der Waals surface area contributed by atoms with E-state index >= 15 is 0 Å². The van der Waals surface area contributed by atoms with Crippen molar-refractivity contribution in [3.8, 4) is 5.75 Å². The van der Waals surface area contributed by atoms with Crippen LogP contribution in [0, 0.1) is 6.92 Å². The molecule has 0 saturated carbocycles. The second-order valence-electron chi connectivity index (χ2n) is 8.86. The van der Waals surface area contributed by atoms with Crippen LogP contribution in [0.4, 0.5) is 0 Å². The van der Waals surface area contributed by atoms with E-state index in [1.807, 2.05) is 31.2 Å². The van der Waals surface area contributed by atoms with Gasteiger partial charge in [-0.05, 0) is 38.1 Å². The lowest BCUT2D eigenvalue weighted by molar-refractivity contribution is -0.138. The fraction of sp³-hybridized carbons (Fsp3) is 0.360. The maximum Gasteiger partial charge on any atom is 0.261 e. The average Bonchev–Trinajstić information content (AvgIpc) is 2.80. The molecule has 0 radical (unpaired) electrons. The van der Waals surface area contributed by atoms with Crippen LogP contribution in [0.5, 0.6) is 5.75 Å². The van der Waals surface area contributed by atoms with E-state index in [2.05, 4.69) is 4.98 Å². The Morgan fingerprint density at radius 2 is 1.88 bits per heavy atom. The second-order valence-corrected chi connectivity index (χ2v) is 8.86. The normalized spacial score (nSPS) is 18.3. The predicted molar refractivity (Wildman–Crippen MR) is 120 cm³/mol. The number of rotatable bonds is 2.